The molecular formula is C36H38N4O7. The third-order valence-corrected chi connectivity index (χ3v) is 8.76. The van der Waals surface area contributed by atoms with Gasteiger partial charge in [0.2, 0.25) is 17.6 Å². The molecule has 4 amide bonds. The van der Waals surface area contributed by atoms with Crippen LogP contribution in [0, 0.1) is 5.92 Å². The van der Waals surface area contributed by atoms with E-state index in [2.05, 4.69) is 16.0 Å². The molecule has 0 spiro atoms. The molecule has 2 heterocycles. The van der Waals surface area contributed by atoms with Crippen molar-refractivity contribution in [1.29, 1.82) is 0 Å². The summed E-state index contributed by atoms with van der Waals surface area (Å²) in [6, 6.07) is 22.1. The highest BCUT2D eigenvalue weighted by Crippen LogP contribution is 2.25. The van der Waals surface area contributed by atoms with Crippen LogP contribution in [-0.4, -0.2) is 65.6 Å². The van der Waals surface area contributed by atoms with E-state index < -0.39 is 41.5 Å². The van der Waals surface area contributed by atoms with Crippen LogP contribution in [0.3, 0.4) is 0 Å². The Labute approximate surface area is 273 Å². The Bertz CT molecular complexity index is 1620. The van der Waals surface area contributed by atoms with Gasteiger partial charge in [0.05, 0.1) is 6.04 Å². The minimum Gasteiger partial charge on any atom is -0.489 e. The van der Waals surface area contributed by atoms with Gasteiger partial charge in [0.1, 0.15) is 24.1 Å². The van der Waals surface area contributed by atoms with Crippen molar-refractivity contribution in [3.63, 3.8) is 0 Å². The zero-order valence-corrected chi connectivity index (χ0v) is 26.0. The summed E-state index contributed by atoms with van der Waals surface area (Å²) in [6.45, 7) is 0.723. The Morgan fingerprint density at radius 1 is 0.851 bits per heavy atom. The molecule has 3 aromatic rings. The Kier molecular flexibility index (Phi) is 9.80. The van der Waals surface area contributed by atoms with Crippen molar-refractivity contribution in [2.45, 2.75) is 63.4 Å². The number of amides is 4. The van der Waals surface area contributed by atoms with Gasteiger partial charge in [-0.3, -0.25) is 24.0 Å². The number of nitrogens with zero attached hydrogens (tertiary/aromatic N) is 1. The maximum Gasteiger partial charge on any atom is 0.289 e. The van der Waals surface area contributed by atoms with Crippen LogP contribution >= 0.6 is 0 Å². The summed E-state index contributed by atoms with van der Waals surface area (Å²) in [6.07, 6.45) is 2.33. The van der Waals surface area contributed by atoms with Crippen molar-refractivity contribution in [3.8, 4) is 11.5 Å². The molecule has 3 aromatic carbocycles. The van der Waals surface area contributed by atoms with Crippen molar-refractivity contribution in [2.24, 2.45) is 5.92 Å². The van der Waals surface area contributed by atoms with Gasteiger partial charge in [-0.25, -0.2) is 0 Å². The molecule has 0 unspecified atom stereocenters. The predicted octanol–water partition coefficient (Wildman–Crippen LogP) is 2.46. The number of fused-ring (bicyclic) bond motifs is 1. The second kappa shape index (κ2) is 14.5. The topological polar surface area (TPSA) is 143 Å². The van der Waals surface area contributed by atoms with Gasteiger partial charge in [0.25, 0.3) is 11.8 Å². The highest BCUT2D eigenvalue weighted by Gasteiger charge is 2.40. The van der Waals surface area contributed by atoms with Crippen LogP contribution in [0.5, 0.6) is 11.5 Å². The number of nitrogens with one attached hydrogen (secondary N) is 3. The summed E-state index contributed by atoms with van der Waals surface area (Å²) < 4.78 is 11.6. The van der Waals surface area contributed by atoms with Crippen molar-refractivity contribution < 1.29 is 33.4 Å². The lowest BCUT2D eigenvalue weighted by molar-refractivity contribution is -0.145. The molecule has 11 nitrogen and oxygen atoms in total. The van der Waals surface area contributed by atoms with Crippen LogP contribution in [-0.2, 0) is 43.5 Å². The van der Waals surface area contributed by atoms with E-state index in [0.717, 1.165) is 35.3 Å². The van der Waals surface area contributed by atoms with E-state index in [1.807, 2.05) is 66.7 Å². The van der Waals surface area contributed by atoms with Crippen LogP contribution < -0.4 is 25.4 Å². The SMILES string of the molecule is O=C(NC1CC1)C(=O)[C@H](C[C@@H]1CCNC1=O)NC(=O)[C@@H]1Cc2ccccc2CN1C(=O)COc1ccc(COc2ccccc2)cc1. The Balaban J connectivity index is 1.12. The van der Waals surface area contributed by atoms with E-state index in [0.29, 0.717) is 25.3 Å². The third kappa shape index (κ3) is 8.16. The van der Waals surface area contributed by atoms with E-state index >= 15 is 0 Å². The molecule has 3 atom stereocenters. The van der Waals surface area contributed by atoms with Gasteiger partial charge in [0.15, 0.2) is 6.61 Å². The summed E-state index contributed by atoms with van der Waals surface area (Å²) in [5.74, 6) is -2.00. The minimum atomic E-state index is -1.20. The fourth-order valence-electron chi connectivity index (χ4n) is 5.91. The summed E-state index contributed by atoms with van der Waals surface area (Å²) >= 11 is 0. The monoisotopic (exact) mass is 638 g/mol. The molecule has 1 saturated carbocycles. The molecule has 47 heavy (non-hydrogen) atoms. The van der Waals surface area contributed by atoms with E-state index in [1.165, 1.54) is 4.90 Å². The van der Waals surface area contributed by atoms with Crippen molar-refractivity contribution in [1.82, 2.24) is 20.9 Å². The highest BCUT2D eigenvalue weighted by molar-refractivity contribution is 6.38. The number of ketones is 1. The summed E-state index contributed by atoms with van der Waals surface area (Å²) in [5, 5.41) is 8.18. The van der Waals surface area contributed by atoms with Crippen LogP contribution in [0.1, 0.15) is 42.4 Å². The van der Waals surface area contributed by atoms with Crippen LogP contribution in [0.4, 0.5) is 0 Å². The third-order valence-electron chi connectivity index (χ3n) is 8.76. The molecule has 0 aromatic heterocycles. The number of para-hydroxylation sites is 1. The Hall–Kier alpha value is -5.19. The summed E-state index contributed by atoms with van der Waals surface area (Å²) in [5.41, 5.74) is 2.75. The number of carbonyl (C=O) groups excluding carboxylic acids is 5. The molecule has 0 radical (unpaired) electrons. The number of ether oxygens (including phenoxy) is 2. The summed E-state index contributed by atoms with van der Waals surface area (Å²) in [7, 11) is 0. The molecule has 3 N–H and O–H groups in total. The normalized spacial score (nSPS) is 19.1. The van der Waals surface area contributed by atoms with Gasteiger partial charge in [-0.05, 0) is 66.6 Å². The van der Waals surface area contributed by atoms with Gasteiger partial charge in [0, 0.05) is 31.5 Å². The quantitative estimate of drug-likeness (QED) is 0.244. The molecule has 11 heteroatoms. The first kappa shape index (κ1) is 31.8. The van der Waals surface area contributed by atoms with Gasteiger partial charge in [-0.2, -0.15) is 0 Å². The highest BCUT2D eigenvalue weighted by atomic mass is 16.5. The first-order valence-electron chi connectivity index (χ1n) is 16.0. The maximum absolute atomic E-state index is 13.9. The first-order valence-corrected chi connectivity index (χ1v) is 16.0. The van der Waals surface area contributed by atoms with Gasteiger partial charge < -0.3 is 30.3 Å². The molecule has 6 rings (SSSR count). The van der Waals surface area contributed by atoms with E-state index in [4.69, 9.17) is 9.47 Å². The van der Waals surface area contributed by atoms with E-state index in [-0.39, 0.29) is 37.9 Å². The number of hydrogen-bond donors (Lipinski definition) is 3. The van der Waals surface area contributed by atoms with Gasteiger partial charge in [-0.15, -0.1) is 0 Å². The molecular weight excluding hydrogens is 600 g/mol. The fourth-order valence-corrected chi connectivity index (χ4v) is 5.91. The molecule has 2 aliphatic heterocycles. The molecule has 0 bridgehead atoms. The van der Waals surface area contributed by atoms with Crippen molar-refractivity contribution in [3.05, 3.63) is 95.6 Å². The average Bonchev–Trinajstić information content (AvgIpc) is 3.83. The largest absolute Gasteiger partial charge is 0.489 e. The van der Waals surface area contributed by atoms with Crippen LogP contribution in [0.15, 0.2) is 78.9 Å². The minimum absolute atomic E-state index is 0.00123. The second-order valence-corrected chi connectivity index (χ2v) is 12.2. The second-order valence-electron chi connectivity index (χ2n) is 12.2. The zero-order valence-electron chi connectivity index (χ0n) is 26.0. The lowest BCUT2D eigenvalue weighted by Crippen LogP contribution is -2.57. The van der Waals surface area contributed by atoms with Gasteiger partial charge >= 0.3 is 0 Å². The number of benzene rings is 3. The lowest BCUT2D eigenvalue weighted by atomic mass is 9.92. The molecule has 244 valence electrons. The predicted molar refractivity (Wildman–Crippen MR) is 171 cm³/mol. The van der Waals surface area contributed by atoms with Crippen LogP contribution in [0.25, 0.3) is 0 Å². The molecule has 3 aliphatic rings. The smallest absolute Gasteiger partial charge is 0.289 e. The Morgan fingerprint density at radius 2 is 1.55 bits per heavy atom. The molecule has 1 aliphatic carbocycles. The lowest BCUT2D eigenvalue weighted by Gasteiger charge is -2.36. The number of hydrogen-bond acceptors (Lipinski definition) is 7. The van der Waals surface area contributed by atoms with Crippen molar-refractivity contribution >= 4 is 29.4 Å². The zero-order chi connectivity index (χ0) is 32.8. The van der Waals surface area contributed by atoms with E-state index in [1.54, 1.807) is 12.1 Å². The number of Topliss-reactive ketones (excluding diaryl/α,β-unsaturated/α-hetero) is 1. The maximum atomic E-state index is 13.9. The van der Waals surface area contributed by atoms with Gasteiger partial charge in [-0.1, -0.05) is 54.6 Å². The Morgan fingerprint density at radius 3 is 2.26 bits per heavy atom. The van der Waals surface area contributed by atoms with Crippen LogP contribution in [0.2, 0.25) is 0 Å². The molecule has 2 fully saturated rings. The number of carbonyl (C=O) groups is 5. The average molecular weight is 639 g/mol. The first-order chi connectivity index (χ1) is 22.8. The summed E-state index contributed by atoms with van der Waals surface area (Å²) in [4.78, 5) is 67.3. The van der Waals surface area contributed by atoms with Crippen molar-refractivity contribution in [2.75, 3.05) is 13.2 Å². The number of rotatable bonds is 13. The standard InChI is InChI=1S/C36H38N4O7/c41-32(22-47-29-14-10-23(11-15-29)21-46-28-8-2-1-3-9-28)40-20-26-7-5-4-6-24(26)19-31(40)35(44)39-30(18-25-16-17-37-34(25)43)33(42)36(45)38-27-12-13-27/h1-11,14-15,25,27,30-31H,12-13,16-22H2,(H,37,43)(H,38,45)(H,39,44)/t25-,30-,31-/m0/s1. The van der Waals surface area contributed by atoms with E-state index in [9.17, 15) is 24.0 Å². The molecule has 1 saturated heterocycles. The fraction of sp³-hybridized carbons (Fsp3) is 0.361.